The number of allylic oxidation sites excluding steroid dienone is 4. The summed E-state index contributed by atoms with van der Waals surface area (Å²) in [6.07, 6.45) is 6.04. The summed E-state index contributed by atoms with van der Waals surface area (Å²) in [5.41, 5.74) is 3.05. The van der Waals surface area contributed by atoms with Crippen LogP contribution in [0.3, 0.4) is 0 Å². The van der Waals surface area contributed by atoms with E-state index in [1.165, 1.54) is 17.8 Å². The standard InChI is InChI=1S/C18H21N3O5S2/c1-18(2)16(17(23)20-24)21(9-10-27-18)28(25,26)15-4-3-13(11-14(15)22)12-5-7-19-8-6-12/h3-8,16,24H,9-11H2,1-2H3,(H,20,23)/t16-/m0/s1. The highest BCUT2D eigenvalue weighted by atomic mass is 32.2. The van der Waals surface area contributed by atoms with Crippen LogP contribution in [0.15, 0.2) is 41.6 Å². The van der Waals surface area contributed by atoms with Gasteiger partial charge in [0.15, 0.2) is 5.78 Å². The van der Waals surface area contributed by atoms with Crippen molar-refractivity contribution in [1.82, 2.24) is 14.8 Å². The Morgan fingerprint density at radius 1 is 1.32 bits per heavy atom. The topological polar surface area (TPSA) is 117 Å². The van der Waals surface area contributed by atoms with Crippen LogP contribution in [0.4, 0.5) is 0 Å². The Kier molecular flexibility index (Phi) is 5.76. The van der Waals surface area contributed by atoms with Gasteiger partial charge in [-0.3, -0.25) is 19.8 Å². The number of sulfonamides is 1. The third-order valence-corrected chi connectivity index (χ3v) is 8.07. The van der Waals surface area contributed by atoms with Crippen LogP contribution in [0.1, 0.15) is 25.8 Å². The second kappa shape index (κ2) is 7.78. The first-order valence-electron chi connectivity index (χ1n) is 8.62. The summed E-state index contributed by atoms with van der Waals surface area (Å²) in [6.45, 7) is 3.54. The van der Waals surface area contributed by atoms with Gasteiger partial charge in [0.25, 0.3) is 5.91 Å². The monoisotopic (exact) mass is 423 g/mol. The predicted octanol–water partition coefficient (Wildman–Crippen LogP) is 1.35. The lowest BCUT2D eigenvalue weighted by Crippen LogP contribution is -2.61. The maximum absolute atomic E-state index is 13.2. The minimum absolute atomic E-state index is 0.0576. The number of nitrogens with zero attached hydrogens (tertiary/aromatic N) is 2. The Labute approximate surface area is 167 Å². The van der Waals surface area contributed by atoms with Crippen molar-refractivity contribution in [3.8, 4) is 0 Å². The first kappa shape index (κ1) is 20.7. The molecule has 1 aliphatic carbocycles. The zero-order valence-electron chi connectivity index (χ0n) is 15.5. The van der Waals surface area contributed by atoms with Crippen molar-refractivity contribution in [3.63, 3.8) is 0 Å². The average molecular weight is 424 g/mol. The number of rotatable bonds is 4. The van der Waals surface area contributed by atoms with E-state index in [9.17, 15) is 18.0 Å². The Morgan fingerprint density at radius 3 is 2.61 bits per heavy atom. The molecule has 2 N–H and O–H groups in total. The Morgan fingerprint density at radius 2 is 2.00 bits per heavy atom. The summed E-state index contributed by atoms with van der Waals surface area (Å²) in [7, 11) is -4.21. The van der Waals surface area contributed by atoms with Crippen molar-refractivity contribution in [1.29, 1.82) is 0 Å². The molecule has 3 rings (SSSR count). The van der Waals surface area contributed by atoms with Gasteiger partial charge in [0.2, 0.25) is 10.0 Å². The number of nitrogens with one attached hydrogen (secondary N) is 1. The zero-order chi connectivity index (χ0) is 20.5. The molecule has 1 aromatic heterocycles. The fourth-order valence-electron chi connectivity index (χ4n) is 3.43. The molecule has 2 aliphatic rings. The number of pyridine rings is 1. The number of hydroxylamine groups is 1. The molecule has 2 heterocycles. The average Bonchev–Trinajstić information content (AvgIpc) is 2.67. The van der Waals surface area contributed by atoms with Gasteiger partial charge in [0.1, 0.15) is 10.9 Å². The summed E-state index contributed by atoms with van der Waals surface area (Å²) in [4.78, 5) is 28.5. The van der Waals surface area contributed by atoms with Gasteiger partial charge in [-0.25, -0.2) is 13.9 Å². The van der Waals surface area contributed by atoms with E-state index in [1.54, 1.807) is 49.9 Å². The number of aromatic nitrogens is 1. The van der Waals surface area contributed by atoms with E-state index in [4.69, 9.17) is 5.21 Å². The molecule has 0 spiro atoms. The summed E-state index contributed by atoms with van der Waals surface area (Å²) in [6, 6.07) is 2.36. The van der Waals surface area contributed by atoms with Gasteiger partial charge in [0.05, 0.1) is 0 Å². The van der Waals surface area contributed by atoms with Crippen molar-refractivity contribution < 1.29 is 23.2 Å². The second-order valence-electron chi connectivity index (χ2n) is 7.00. The molecular formula is C18H21N3O5S2. The highest BCUT2D eigenvalue weighted by Gasteiger charge is 2.49. The predicted molar refractivity (Wildman–Crippen MR) is 106 cm³/mol. The van der Waals surface area contributed by atoms with Crippen LogP contribution < -0.4 is 5.48 Å². The van der Waals surface area contributed by atoms with Crippen molar-refractivity contribution in [2.24, 2.45) is 0 Å². The smallest absolute Gasteiger partial charge is 0.263 e. The highest BCUT2D eigenvalue weighted by Crippen LogP contribution is 2.39. The second-order valence-corrected chi connectivity index (χ2v) is 10.6. The molecule has 1 fully saturated rings. The molecule has 1 amide bonds. The number of hydrogen-bond acceptors (Lipinski definition) is 7. The summed E-state index contributed by atoms with van der Waals surface area (Å²) in [5.74, 6) is -0.882. The maximum Gasteiger partial charge on any atom is 0.263 e. The van der Waals surface area contributed by atoms with Crippen molar-refractivity contribution in [2.75, 3.05) is 12.3 Å². The minimum Gasteiger partial charge on any atom is -0.293 e. The Balaban J connectivity index is 1.99. The molecule has 1 saturated heterocycles. The molecule has 0 bridgehead atoms. The third-order valence-electron chi connectivity index (χ3n) is 4.79. The first-order valence-corrected chi connectivity index (χ1v) is 11.1. The number of thioether (sulfide) groups is 1. The molecule has 28 heavy (non-hydrogen) atoms. The van der Waals surface area contributed by atoms with Crippen molar-refractivity contribution in [2.45, 2.75) is 31.1 Å². The lowest BCUT2D eigenvalue weighted by atomic mass is 9.97. The van der Waals surface area contributed by atoms with Crippen LogP contribution in [0.2, 0.25) is 0 Å². The van der Waals surface area contributed by atoms with Crippen molar-refractivity contribution in [3.05, 3.63) is 47.1 Å². The lowest BCUT2D eigenvalue weighted by Gasteiger charge is -2.43. The number of carbonyl (C=O) groups excluding carboxylic acids is 2. The number of Topliss-reactive ketones (excluding diaryl/α,β-unsaturated/α-hetero) is 1. The minimum atomic E-state index is -4.21. The van der Waals surface area contributed by atoms with E-state index < -0.39 is 32.5 Å². The van der Waals surface area contributed by atoms with Gasteiger partial charge in [-0.1, -0.05) is 6.08 Å². The van der Waals surface area contributed by atoms with Gasteiger partial charge in [-0.2, -0.15) is 16.1 Å². The van der Waals surface area contributed by atoms with Crippen molar-refractivity contribution >= 4 is 39.0 Å². The SMILES string of the molecule is CC1(C)SCCN(S(=O)(=O)C2=CC=C(c3ccncc3)CC2=O)[C@H]1C(=O)NO. The number of carbonyl (C=O) groups is 2. The molecular weight excluding hydrogens is 402 g/mol. The van der Waals surface area contributed by atoms with Crippen LogP contribution in [0.25, 0.3) is 5.57 Å². The molecule has 10 heteroatoms. The normalized spacial score (nSPS) is 23.0. The van der Waals surface area contributed by atoms with Gasteiger partial charge < -0.3 is 0 Å². The van der Waals surface area contributed by atoms with Crippen LogP contribution in [0, 0.1) is 0 Å². The molecule has 0 radical (unpaired) electrons. The fourth-order valence-corrected chi connectivity index (χ4v) is 6.64. The Hall–Kier alpha value is -2.01. The summed E-state index contributed by atoms with van der Waals surface area (Å²) < 4.78 is 26.7. The lowest BCUT2D eigenvalue weighted by molar-refractivity contribution is -0.134. The molecule has 0 unspecified atom stereocenters. The van der Waals surface area contributed by atoms with E-state index in [-0.39, 0.29) is 17.9 Å². The van der Waals surface area contributed by atoms with E-state index >= 15 is 0 Å². The largest absolute Gasteiger partial charge is 0.293 e. The maximum atomic E-state index is 13.2. The van der Waals surface area contributed by atoms with Crippen LogP contribution in [0.5, 0.6) is 0 Å². The van der Waals surface area contributed by atoms with E-state index in [0.717, 1.165) is 9.87 Å². The van der Waals surface area contributed by atoms with Crippen LogP contribution in [-0.2, 0) is 19.6 Å². The molecule has 1 atom stereocenters. The molecule has 0 aromatic carbocycles. The molecule has 8 nitrogen and oxygen atoms in total. The molecule has 0 saturated carbocycles. The number of ketones is 1. The van der Waals surface area contributed by atoms with Gasteiger partial charge >= 0.3 is 0 Å². The summed E-state index contributed by atoms with van der Waals surface area (Å²) in [5, 5.41) is 9.10. The molecule has 1 aromatic rings. The fraction of sp³-hybridized carbons (Fsp3) is 0.389. The van der Waals surface area contributed by atoms with E-state index in [2.05, 4.69) is 4.98 Å². The van der Waals surface area contributed by atoms with Crippen LogP contribution >= 0.6 is 11.8 Å². The number of hydrogen-bond donors (Lipinski definition) is 2. The molecule has 1 aliphatic heterocycles. The first-order chi connectivity index (χ1) is 13.2. The Bertz CT molecular complexity index is 955. The van der Waals surface area contributed by atoms with Gasteiger partial charge in [-0.05, 0) is 43.2 Å². The number of amides is 1. The zero-order valence-corrected chi connectivity index (χ0v) is 17.1. The van der Waals surface area contributed by atoms with E-state index in [0.29, 0.717) is 11.3 Å². The van der Waals surface area contributed by atoms with Gasteiger partial charge in [-0.15, -0.1) is 0 Å². The van der Waals surface area contributed by atoms with E-state index in [1.807, 2.05) is 0 Å². The summed E-state index contributed by atoms with van der Waals surface area (Å²) >= 11 is 1.44. The highest BCUT2D eigenvalue weighted by molar-refractivity contribution is 8.01. The third kappa shape index (κ3) is 3.77. The van der Waals surface area contributed by atoms with Gasteiger partial charge in [0, 0.05) is 35.9 Å². The van der Waals surface area contributed by atoms with Crippen LogP contribution in [-0.4, -0.2) is 57.7 Å². The quantitative estimate of drug-likeness (QED) is 0.555. The molecule has 150 valence electrons.